The van der Waals surface area contributed by atoms with Crippen LogP contribution in [-0.2, 0) is 10.0 Å². The van der Waals surface area contributed by atoms with Crippen molar-refractivity contribution in [3.8, 4) is 0 Å². The van der Waals surface area contributed by atoms with Gasteiger partial charge >= 0.3 is 0 Å². The first-order chi connectivity index (χ1) is 13.7. The van der Waals surface area contributed by atoms with Crippen LogP contribution in [0.25, 0.3) is 0 Å². The third-order valence-corrected chi connectivity index (χ3v) is 7.73. The molecule has 0 aliphatic heterocycles. The van der Waals surface area contributed by atoms with Crippen LogP contribution in [0, 0.1) is 0 Å². The zero-order valence-corrected chi connectivity index (χ0v) is 18.3. The van der Waals surface area contributed by atoms with Crippen LogP contribution in [-0.4, -0.2) is 31.7 Å². The van der Waals surface area contributed by atoms with Gasteiger partial charge in [0.1, 0.15) is 0 Å². The fourth-order valence-electron chi connectivity index (χ4n) is 3.46. The van der Waals surface area contributed by atoms with Gasteiger partial charge in [0.15, 0.2) is 0 Å². The Labute approximate surface area is 181 Å². The normalized spacial score (nSPS) is 15.4. The number of nitrogens with one attached hydrogen (secondary N) is 1. The topological polar surface area (TPSA) is 92.5 Å². The molecule has 2 aromatic carbocycles. The Balaban J connectivity index is 1.82. The molecule has 0 atom stereocenters. The van der Waals surface area contributed by atoms with E-state index in [1.165, 1.54) is 28.6 Å². The van der Waals surface area contributed by atoms with Crippen LogP contribution >= 0.6 is 23.2 Å². The Kier molecular flexibility index (Phi) is 6.73. The van der Waals surface area contributed by atoms with Crippen molar-refractivity contribution >= 4 is 50.5 Å². The molecule has 1 saturated carbocycles. The average Bonchev–Trinajstić information content (AvgIpc) is 2.72. The minimum absolute atomic E-state index is 0.00899. The fraction of sp³-hybridized carbons (Fsp3) is 0.350. The lowest BCUT2D eigenvalue weighted by atomic mass is 9.96. The molecule has 156 valence electrons. The van der Waals surface area contributed by atoms with Crippen molar-refractivity contribution in [3.05, 3.63) is 52.0 Å². The second kappa shape index (κ2) is 8.92. The summed E-state index contributed by atoms with van der Waals surface area (Å²) in [7, 11) is -2.08. The highest BCUT2D eigenvalue weighted by atomic mass is 35.5. The summed E-state index contributed by atoms with van der Waals surface area (Å²) < 4.78 is 27.5. The lowest BCUT2D eigenvalue weighted by Gasteiger charge is -2.30. The quantitative estimate of drug-likeness (QED) is 0.634. The highest BCUT2D eigenvalue weighted by Crippen LogP contribution is 2.31. The molecule has 3 rings (SSSR count). The van der Waals surface area contributed by atoms with Crippen molar-refractivity contribution in [1.29, 1.82) is 0 Å². The predicted molar refractivity (Wildman–Crippen MR) is 117 cm³/mol. The number of anilines is 2. The number of rotatable bonds is 5. The van der Waals surface area contributed by atoms with Gasteiger partial charge in [-0.2, -0.15) is 4.31 Å². The highest BCUT2D eigenvalue weighted by Gasteiger charge is 2.29. The molecule has 0 radical (unpaired) electrons. The number of carbonyl (C=O) groups excluding carboxylic acids is 1. The number of amides is 1. The van der Waals surface area contributed by atoms with Crippen molar-refractivity contribution in [1.82, 2.24) is 4.31 Å². The largest absolute Gasteiger partial charge is 0.396 e. The third-order valence-electron chi connectivity index (χ3n) is 5.20. The summed E-state index contributed by atoms with van der Waals surface area (Å²) in [6.07, 6.45) is 4.90. The highest BCUT2D eigenvalue weighted by molar-refractivity contribution is 7.89. The molecule has 0 bridgehead atoms. The van der Waals surface area contributed by atoms with Crippen LogP contribution < -0.4 is 11.1 Å². The molecule has 0 unspecified atom stereocenters. The van der Waals surface area contributed by atoms with Crippen LogP contribution in [0.3, 0.4) is 0 Å². The van der Waals surface area contributed by atoms with E-state index in [1.807, 2.05) is 0 Å². The Morgan fingerprint density at radius 1 is 1.10 bits per heavy atom. The van der Waals surface area contributed by atoms with E-state index in [4.69, 9.17) is 28.9 Å². The van der Waals surface area contributed by atoms with Gasteiger partial charge in [-0.3, -0.25) is 4.79 Å². The average molecular weight is 456 g/mol. The number of hydrogen-bond acceptors (Lipinski definition) is 4. The monoisotopic (exact) mass is 455 g/mol. The number of nitrogen functional groups attached to an aromatic ring is 1. The number of carbonyl (C=O) groups is 1. The summed E-state index contributed by atoms with van der Waals surface area (Å²) in [6, 6.07) is 8.95. The zero-order chi connectivity index (χ0) is 21.2. The maximum absolute atomic E-state index is 13.0. The number of benzene rings is 2. The van der Waals surface area contributed by atoms with Gasteiger partial charge in [0.2, 0.25) is 10.0 Å². The van der Waals surface area contributed by atoms with E-state index in [1.54, 1.807) is 19.2 Å². The standard InChI is InChI=1S/C20H23Cl2N3O3S/c1-25(15-7-3-2-4-8-15)29(27,28)16-9-5-6-13(10-16)20(26)24-14-11-17(21)19(23)18(22)12-14/h5-6,9-12,15H,2-4,7-8,23H2,1H3,(H,24,26). The van der Waals surface area contributed by atoms with Gasteiger partial charge in [0.05, 0.1) is 20.6 Å². The Morgan fingerprint density at radius 2 is 1.72 bits per heavy atom. The summed E-state index contributed by atoms with van der Waals surface area (Å²) >= 11 is 12.0. The molecular weight excluding hydrogens is 433 g/mol. The van der Waals surface area contributed by atoms with Crippen molar-refractivity contribution in [2.45, 2.75) is 43.0 Å². The maximum Gasteiger partial charge on any atom is 0.255 e. The Hall–Kier alpha value is -1.80. The van der Waals surface area contributed by atoms with Crippen molar-refractivity contribution in [2.75, 3.05) is 18.1 Å². The number of nitrogens with zero attached hydrogens (tertiary/aromatic N) is 1. The van der Waals surface area contributed by atoms with Gasteiger partial charge in [-0.05, 0) is 43.2 Å². The molecule has 0 aromatic heterocycles. The second-order valence-corrected chi connectivity index (χ2v) is 9.96. The van der Waals surface area contributed by atoms with Crippen LogP contribution in [0.5, 0.6) is 0 Å². The maximum atomic E-state index is 13.0. The van der Waals surface area contributed by atoms with Crippen LogP contribution in [0.15, 0.2) is 41.3 Å². The molecule has 3 N–H and O–H groups in total. The number of sulfonamides is 1. The summed E-state index contributed by atoms with van der Waals surface area (Å²) in [5, 5.41) is 3.11. The van der Waals surface area contributed by atoms with E-state index < -0.39 is 15.9 Å². The second-order valence-electron chi connectivity index (χ2n) is 7.15. The summed E-state index contributed by atoms with van der Waals surface area (Å²) in [5.74, 6) is -0.473. The van der Waals surface area contributed by atoms with Crippen LogP contribution in [0.2, 0.25) is 10.0 Å². The number of nitrogens with two attached hydrogens (primary N) is 1. The summed E-state index contributed by atoms with van der Waals surface area (Å²) in [5.41, 5.74) is 6.51. The lowest BCUT2D eigenvalue weighted by molar-refractivity contribution is 0.102. The molecule has 0 spiro atoms. The number of halogens is 2. The van der Waals surface area contributed by atoms with Gasteiger partial charge in [-0.15, -0.1) is 0 Å². The van der Waals surface area contributed by atoms with E-state index in [0.717, 1.165) is 32.1 Å². The van der Waals surface area contributed by atoms with E-state index in [-0.39, 0.29) is 32.2 Å². The third kappa shape index (κ3) is 4.86. The van der Waals surface area contributed by atoms with Crippen molar-refractivity contribution in [3.63, 3.8) is 0 Å². The van der Waals surface area contributed by atoms with Crippen LogP contribution in [0.4, 0.5) is 11.4 Å². The van der Waals surface area contributed by atoms with Gasteiger partial charge < -0.3 is 11.1 Å². The van der Waals surface area contributed by atoms with E-state index >= 15 is 0 Å². The summed E-state index contributed by atoms with van der Waals surface area (Å²) in [4.78, 5) is 12.7. The Bertz CT molecular complexity index is 998. The first-order valence-electron chi connectivity index (χ1n) is 9.34. The smallest absolute Gasteiger partial charge is 0.255 e. The van der Waals surface area contributed by atoms with E-state index in [9.17, 15) is 13.2 Å². The SMILES string of the molecule is CN(C1CCCCC1)S(=O)(=O)c1cccc(C(=O)Nc2cc(Cl)c(N)c(Cl)c2)c1. The van der Waals surface area contributed by atoms with Gasteiger partial charge in [-0.25, -0.2) is 8.42 Å². The summed E-state index contributed by atoms with van der Waals surface area (Å²) in [6.45, 7) is 0. The minimum atomic E-state index is -3.69. The minimum Gasteiger partial charge on any atom is -0.396 e. The van der Waals surface area contributed by atoms with Gasteiger partial charge in [0.25, 0.3) is 5.91 Å². The van der Waals surface area contributed by atoms with Gasteiger partial charge in [-0.1, -0.05) is 48.5 Å². The Morgan fingerprint density at radius 3 is 2.34 bits per heavy atom. The van der Waals surface area contributed by atoms with Gasteiger partial charge in [0, 0.05) is 24.3 Å². The van der Waals surface area contributed by atoms with Crippen molar-refractivity contribution < 1.29 is 13.2 Å². The molecule has 9 heteroatoms. The molecule has 1 fully saturated rings. The lowest BCUT2D eigenvalue weighted by Crippen LogP contribution is -2.38. The molecule has 1 aliphatic carbocycles. The van der Waals surface area contributed by atoms with Crippen LogP contribution in [0.1, 0.15) is 42.5 Å². The van der Waals surface area contributed by atoms with E-state index in [2.05, 4.69) is 5.32 Å². The fourth-order valence-corrected chi connectivity index (χ4v) is 5.41. The zero-order valence-electron chi connectivity index (χ0n) is 16.0. The molecule has 29 heavy (non-hydrogen) atoms. The molecule has 1 amide bonds. The molecule has 0 heterocycles. The molecule has 1 aliphatic rings. The molecule has 2 aromatic rings. The first-order valence-corrected chi connectivity index (χ1v) is 11.5. The predicted octanol–water partition coefficient (Wildman–Crippen LogP) is 4.78. The van der Waals surface area contributed by atoms with Crippen molar-refractivity contribution in [2.24, 2.45) is 0 Å². The number of hydrogen-bond donors (Lipinski definition) is 2. The molecular formula is C20H23Cl2N3O3S. The molecule has 0 saturated heterocycles. The first kappa shape index (κ1) is 21.9. The molecule has 6 nitrogen and oxygen atoms in total. The van der Waals surface area contributed by atoms with E-state index in [0.29, 0.717) is 5.69 Å².